The van der Waals surface area contributed by atoms with E-state index in [4.69, 9.17) is 11.6 Å². The Hall–Kier alpha value is -3.61. The average molecular weight is 549 g/mol. The predicted octanol–water partition coefficient (Wildman–Crippen LogP) is 6.18. The summed E-state index contributed by atoms with van der Waals surface area (Å²) in [4.78, 5) is 8.54. The maximum absolute atomic E-state index is 13.9. The maximum Gasteiger partial charge on any atom is 0.213 e. The van der Waals surface area contributed by atoms with Crippen LogP contribution in [0.5, 0.6) is 0 Å². The van der Waals surface area contributed by atoms with Crippen molar-refractivity contribution in [2.24, 2.45) is 10.8 Å². The summed E-state index contributed by atoms with van der Waals surface area (Å²) in [7, 11) is 0. The van der Waals surface area contributed by atoms with Crippen molar-refractivity contribution in [1.82, 2.24) is 25.9 Å². The summed E-state index contributed by atoms with van der Waals surface area (Å²) in [6, 6.07) is 8.76. The van der Waals surface area contributed by atoms with Crippen molar-refractivity contribution >= 4 is 33.9 Å². The minimum absolute atomic E-state index is 0.00277. The van der Waals surface area contributed by atoms with E-state index in [1.54, 1.807) is 19.2 Å². The van der Waals surface area contributed by atoms with Crippen LogP contribution in [0.2, 0.25) is 5.02 Å². The number of nitrogens with one attached hydrogen (secondary N) is 4. The van der Waals surface area contributed by atoms with E-state index >= 15 is 0 Å². The highest BCUT2D eigenvalue weighted by atomic mass is 35.5. The highest BCUT2D eigenvalue weighted by Gasteiger charge is 2.39. The number of halogens is 2. The zero-order valence-corrected chi connectivity index (χ0v) is 23.7. The smallest absolute Gasteiger partial charge is 0.213 e. The SMILES string of the molecule is Cc1nc(F)ccc1[C@H](Nc1cc(Cl)c2ncc(C#N)c(NCC(C)(C)C)c2c1)C1=CN(CC2(C)CC2)NN1. The topological polar surface area (TPSA) is 101 Å². The molecule has 0 saturated heterocycles. The Labute approximate surface area is 233 Å². The van der Waals surface area contributed by atoms with E-state index in [-0.39, 0.29) is 11.5 Å². The Kier molecular flexibility index (Phi) is 7.04. The van der Waals surface area contributed by atoms with Crippen molar-refractivity contribution in [2.45, 2.75) is 53.5 Å². The predicted molar refractivity (Wildman–Crippen MR) is 153 cm³/mol. The third-order valence-electron chi connectivity index (χ3n) is 7.16. The van der Waals surface area contributed by atoms with E-state index in [0.717, 1.165) is 28.9 Å². The summed E-state index contributed by atoms with van der Waals surface area (Å²) < 4.78 is 13.9. The Bertz CT molecular complexity index is 1490. The zero-order chi connectivity index (χ0) is 27.9. The Morgan fingerprint density at radius 1 is 1.28 bits per heavy atom. The van der Waals surface area contributed by atoms with E-state index in [0.29, 0.717) is 39.4 Å². The normalized spacial score (nSPS) is 16.9. The van der Waals surface area contributed by atoms with Gasteiger partial charge in [0.05, 0.1) is 33.5 Å². The molecule has 5 rings (SSSR count). The first kappa shape index (κ1) is 27.0. The fraction of sp³-hybridized carbons (Fsp3) is 0.414. The number of pyridine rings is 2. The number of rotatable bonds is 8. The van der Waals surface area contributed by atoms with E-state index in [9.17, 15) is 9.65 Å². The van der Waals surface area contributed by atoms with Crippen LogP contribution in [-0.2, 0) is 0 Å². The van der Waals surface area contributed by atoms with Gasteiger partial charge in [-0.15, -0.1) is 5.53 Å². The Morgan fingerprint density at radius 2 is 2.05 bits per heavy atom. The molecule has 10 heteroatoms. The van der Waals surface area contributed by atoms with Crippen LogP contribution in [0.15, 0.2) is 42.4 Å². The third kappa shape index (κ3) is 6.02. The second-order valence-corrected chi connectivity index (χ2v) is 12.5. The standard InChI is InChI=1S/C29H34ClFN8/c1-17-20(6-7-24(31)35-17)27(23-14-39(38-37-23)16-29(5)8-9-29)36-19-10-21-25(34-15-28(2,3)4)18(12-32)13-33-26(21)22(30)11-19/h6-7,10-11,13-14,27,36-38H,8-9,15-16H2,1-5H3,(H,33,34)/t27-/m0/s1. The number of benzene rings is 1. The average Bonchev–Trinajstić information content (AvgIpc) is 3.41. The van der Waals surface area contributed by atoms with Gasteiger partial charge in [0.15, 0.2) is 0 Å². The molecule has 8 nitrogen and oxygen atoms in total. The van der Waals surface area contributed by atoms with Crippen LogP contribution in [0.1, 0.15) is 63.4 Å². The molecule has 0 unspecified atom stereocenters. The van der Waals surface area contributed by atoms with E-state index in [1.165, 1.54) is 18.9 Å². The lowest BCUT2D eigenvalue weighted by Gasteiger charge is -2.24. The van der Waals surface area contributed by atoms with Crippen molar-refractivity contribution in [1.29, 1.82) is 5.26 Å². The van der Waals surface area contributed by atoms with Gasteiger partial charge in [0.1, 0.15) is 6.07 Å². The van der Waals surface area contributed by atoms with Gasteiger partial charge in [-0.1, -0.05) is 45.4 Å². The number of nitrogens with zero attached hydrogens (tertiary/aromatic N) is 4. The molecule has 0 bridgehead atoms. The van der Waals surface area contributed by atoms with Crippen molar-refractivity contribution in [2.75, 3.05) is 23.7 Å². The summed E-state index contributed by atoms with van der Waals surface area (Å²) in [6.07, 6.45) is 6.00. The molecular weight excluding hydrogens is 515 g/mol. The zero-order valence-electron chi connectivity index (χ0n) is 22.9. The molecular formula is C29H34ClFN8. The summed E-state index contributed by atoms with van der Waals surface area (Å²) in [5.41, 5.74) is 11.6. The molecule has 1 aromatic carbocycles. The third-order valence-corrected chi connectivity index (χ3v) is 7.45. The molecule has 3 aromatic rings. The molecule has 0 spiro atoms. The number of anilines is 2. The molecule has 1 atom stereocenters. The Morgan fingerprint density at radius 3 is 2.72 bits per heavy atom. The molecule has 0 radical (unpaired) electrons. The van der Waals surface area contributed by atoms with Crippen LogP contribution in [-0.4, -0.2) is 28.1 Å². The number of hydrogen-bond acceptors (Lipinski definition) is 8. The molecule has 0 amide bonds. The number of hydrogen-bond donors (Lipinski definition) is 4. The number of hydrazine groups is 2. The summed E-state index contributed by atoms with van der Waals surface area (Å²) in [5.74, 6) is -0.525. The fourth-order valence-electron chi connectivity index (χ4n) is 4.69. The summed E-state index contributed by atoms with van der Waals surface area (Å²) in [5, 5.41) is 20.1. The van der Waals surface area contributed by atoms with Gasteiger partial charge in [0.2, 0.25) is 5.95 Å². The second kappa shape index (κ2) is 10.2. The number of fused-ring (bicyclic) bond motifs is 1. The van der Waals surface area contributed by atoms with Gasteiger partial charge in [-0.25, -0.2) is 4.98 Å². The van der Waals surface area contributed by atoms with Crippen molar-refractivity contribution < 1.29 is 4.39 Å². The summed E-state index contributed by atoms with van der Waals surface area (Å²) in [6.45, 7) is 12.0. The van der Waals surface area contributed by atoms with Crippen LogP contribution in [0.4, 0.5) is 15.8 Å². The van der Waals surface area contributed by atoms with Gasteiger partial charge < -0.3 is 16.1 Å². The van der Waals surface area contributed by atoms with Gasteiger partial charge in [-0.2, -0.15) is 9.65 Å². The van der Waals surface area contributed by atoms with E-state index in [1.807, 2.05) is 23.3 Å². The lowest BCUT2D eigenvalue weighted by molar-refractivity contribution is 0.226. The van der Waals surface area contributed by atoms with Crippen LogP contribution in [0, 0.1) is 35.0 Å². The molecule has 1 fully saturated rings. The number of aryl methyl sites for hydroxylation is 1. The van der Waals surface area contributed by atoms with Crippen molar-refractivity contribution in [3.05, 3.63) is 70.2 Å². The van der Waals surface area contributed by atoms with Gasteiger partial charge in [-0.3, -0.25) is 9.99 Å². The minimum atomic E-state index is -0.525. The van der Waals surface area contributed by atoms with Gasteiger partial charge in [-0.05, 0) is 48.8 Å². The van der Waals surface area contributed by atoms with Gasteiger partial charge in [0, 0.05) is 47.8 Å². The van der Waals surface area contributed by atoms with Crippen LogP contribution >= 0.6 is 11.6 Å². The fourth-order valence-corrected chi connectivity index (χ4v) is 4.96. The quantitative estimate of drug-likeness (QED) is 0.248. The van der Waals surface area contributed by atoms with Crippen LogP contribution < -0.4 is 21.6 Å². The molecule has 2 aliphatic rings. The minimum Gasteiger partial charge on any atom is -0.383 e. The highest BCUT2D eigenvalue weighted by Crippen LogP contribution is 2.45. The first-order chi connectivity index (χ1) is 18.4. The van der Waals surface area contributed by atoms with Gasteiger partial charge in [0.25, 0.3) is 0 Å². The second-order valence-electron chi connectivity index (χ2n) is 12.1. The highest BCUT2D eigenvalue weighted by molar-refractivity contribution is 6.35. The van der Waals surface area contributed by atoms with Crippen molar-refractivity contribution in [3.63, 3.8) is 0 Å². The summed E-state index contributed by atoms with van der Waals surface area (Å²) >= 11 is 6.74. The number of aromatic nitrogens is 2. The molecule has 3 heterocycles. The lowest BCUT2D eigenvalue weighted by atomic mass is 9.96. The van der Waals surface area contributed by atoms with Crippen molar-refractivity contribution in [3.8, 4) is 6.07 Å². The maximum atomic E-state index is 13.9. The molecule has 1 aliphatic heterocycles. The van der Waals surface area contributed by atoms with E-state index < -0.39 is 5.95 Å². The van der Waals surface area contributed by atoms with E-state index in [2.05, 4.69) is 65.3 Å². The van der Waals surface area contributed by atoms with Crippen LogP contribution in [0.3, 0.4) is 0 Å². The molecule has 1 aliphatic carbocycles. The lowest BCUT2D eigenvalue weighted by Crippen LogP contribution is -2.40. The Balaban J connectivity index is 1.55. The van der Waals surface area contributed by atoms with Crippen LogP contribution in [0.25, 0.3) is 10.9 Å². The monoisotopic (exact) mass is 548 g/mol. The first-order valence-electron chi connectivity index (χ1n) is 13.1. The molecule has 2 aromatic heterocycles. The number of nitriles is 1. The first-order valence-corrected chi connectivity index (χ1v) is 13.5. The molecule has 1 saturated carbocycles. The molecule has 204 valence electrons. The van der Waals surface area contributed by atoms with Gasteiger partial charge >= 0.3 is 0 Å². The molecule has 39 heavy (non-hydrogen) atoms. The largest absolute Gasteiger partial charge is 0.383 e. The molecule has 4 N–H and O–H groups in total.